The summed E-state index contributed by atoms with van der Waals surface area (Å²) in [6.45, 7) is 0. The zero-order valence-corrected chi connectivity index (χ0v) is 21.1. The molecule has 0 fully saturated rings. The van der Waals surface area contributed by atoms with Gasteiger partial charge in [-0.1, -0.05) is 0 Å². The van der Waals surface area contributed by atoms with E-state index in [9.17, 15) is 0 Å². The van der Waals surface area contributed by atoms with Gasteiger partial charge in [-0.25, -0.2) is 0 Å². The van der Waals surface area contributed by atoms with Gasteiger partial charge in [0.2, 0.25) is 0 Å². The fraction of sp³-hybridized carbons (Fsp3) is 0. The Morgan fingerprint density at radius 1 is 0.312 bits per heavy atom. The molecule has 0 amide bonds. The van der Waals surface area contributed by atoms with E-state index in [1.807, 2.05) is 0 Å². The average Bonchev–Trinajstić information content (AvgIpc) is 2.85. The Morgan fingerprint density at radius 3 is 0.938 bits per heavy atom. The molecule has 0 aromatic heterocycles. The summed E-state index contributed by atoms with van der Waals surface area (Å²) in [5.74, 6) is 0. The second kappa shape index (κ2) is 8.97. The van der Waals surface area contributed by atoms with Gasteiger partial charge >= 0.3 is 190 Å². The SMILES string of the molecule is [Cl-].c1ccc2[c]([Sn+]([c]3cccc4ccccc34)[c]3cccc4ccccc34)cccc2c1. The zero-order chi connectivity index (χ0) is 20.6. The number of rotatable bonds is 3. The molecule has 0 aliphatic heterocycles. The van der Waals surface area contributed by atoms with Crippen LogP contribution >= 0.6 is 0 Å². The van der Waals surface area contributed by atoms with Crippen LogP contribution in [0.1, 0.15) is 0 Å². The second-order valence-electron chi connectivity index (χ2n) is 7.96. The predicted molar refractivity (Wildman–Crippen MR) is 136 cm³/mol. The van der Waals surface area contributed by atoms with Crippen LogP contribution < -0.4 is 23.1 Å². The molecule has 6 aromatic carbocycles. The van der Waals surface area contributed by atoms with Crippen molar-refractivity contribution >= 4 is 62.8 Å². The Labute approximate surface area is 201 Å². The number of hydrogen-bond donors (Lipinski definition) is 0. The summed E-state index contributed by atoms with van der Waals surface area (Å²) in [6.07, 6.45) is 0. The van der Waals surface area contributed by atoms with E-state index in [-0.39, 0.29) is 12.4 Å². The Balaban J connectivity index is 0.00000216. The molecule has 0 N–H and O–H groups in total. The van der Waals surface area contributed by atoms with Crippen molar-refractivity contribution in [2.24, 2.45) is 0 Å². The molecule has 0 unspecified atom stereocenters. The van der Waals surface area contributed by atoms with Crippen LogP contribution in [0.3, 0.4) is 0 Å². The zero-order valence-electron chi connectivity index (χ0n) is 17.5. The minimum atomic E-state index is -2.55. The molecule has 152 valence electrons. The summed E-state index contributed by atoms with van der Waals surface area (Å²) < 4.78 is 4.65. The molecule has 2 heteroatoms. The van der Waals surface area contributed by atoms with E-state index < -0.39 is 19.8 Å². The molecule has 32 heavy (non-hydrogen) atoms. The first-order chi connectivity index (χ1) is 15.4. The molecule has 0 bridgehead atoms. The third-order valence-corrected chi connectivity index (χ3v) is 14.5. The number of hydrogen-bond acceptors (Lipinski definition) is 0. The topological polar surface area (TPSA) is 0 Å². The Kier molecular flexibility index (Phi) is 5.90. The molecule has 0 saturated heterocycles. The molecule has 6 rings (SSSR count). The van der Waals surface area contributed by atoms with Gasteiger partial charge in [0.05, 0.1) is 0 Å². The van der Waals surface area contributed by atoms with Gasteiger partial charge in [-0.2, -0.15) is 0 Å². The predicted octanol–water partition coefficient (Wildman–Crippen LogP) is 2.67. The molecule has 0 aliphatic rings. The molecule has 6 aromatic rings. The van der Waals surface area contributed by atoms with Crippen molar-refractivity contribution in [2.75, 3.05) is 0 Å². The fourth-order valence-corrected chi connectivity index (χ4v) is 13.8. The van der Waals surface area contributed by atoms with Crippen LogP contribution in [0, 0.1) is 0 Å². The van der Waals surface area contributed by atoms with Crippen molar-refractivity contribution in [3.8, 4) is 0 Å². The van der Waals surface area contributed by atoms with Gasteiger partial charge in [-0.3, -0.25) is 0 Å². The Morgan fingerprint density at radius 2 is 0.594 bits per heavy atom. The first-order valence-electron chi connectivity index (χ1n) is 10.7. The van der Waals surface area contributed by atoms with Gasteiger partial charge in [-0.05, 0) is 0 Å². The van der Waals surface area contributed by atoms with Gasteiger partial charge in [-0.15, -0.1) is 0 Å². The van der Waals surface area contributed by atoms with Crippen LogP contribution in [-0.4, -0.2) is 19.8 Å². The van der Waals surface area contributed by atoms with Crippen molar-refractivity contribution in [2.45, 2.75) is 0 Å². The second-order valence-corrected chi connectivity index (χ2v) is 14.7. The van der Waals surface area contributed by atoms with Gasteiger partial charge in [0.1, 0.15) is 0 Å². The molecule has 0 nitrogen and oxygen atoms in total. The van der Waals surface area contributed by atoms with Gasteiger partial charge in [0, 0.05) is 0 Å². The van der Waals surface area contributed by atoms with Gasteiger partial charge in [0.25, 0.3) is 0 Å². The molecule has 0 aliphatic carbocycles. The van der Waals surface area contributed by atoms with Crippen LogP contribution in [0.15, 0.2) is 127 Å². The summed E-state index contributed by atoms with van der Waals surface area (Å²) in [5, 5.41) is 8.21. The molecular formula is C30H21ClSn. The standard InChI is InChI=1S/3C10H7.ClH.Sn/c3*1-2-6-10-8-4-3-7-9(10)5-1;;/h3*1-7H;1H;/q;;;;+1/p-1. The van der Waals surface area contributed by atoms with Crippen molar-refractivity contribution in [3.05, 3.63) is 127 Å². The first kappa shape index (κ1) is 21.1. The summed E-state index contributed by atoms with van der Waals surface area (Å²) >= 11 is -2.55. The van der Waals surface area contributed by atoms with E-state index in [2.05, 4.69) is 127 Å². The molecule has 0 spiro atoms. The summed E-state index contributed by atoms with van der Waals surface area (Å²) in [7, 11) is 0. The van der Waals surface area contributed by atoms with Crippen LogP contribution in [0.5, 0.6) is 0 Å². The third-order valence-electron chi connectivity index (χ3n) is 6.18. The van der Waals surface area contributed by atoms with E-state index in [0.717, 1.165) is 0 Å². The summed E-state index contributed by atoms with van der Waals surface area (Å²) in [5.41, 5.74) is 0. The maximum atomic E-state index is 2.39. The molecule has 0 saturated carbocycles. The maximum absolute atomic E-state index is 2.55. The van der Waals surface area contributed by atoms with E-state index >= 15 is 0 Å². The average molecular weight is 536 g/mol. The van der Waals surface area contributed by atoms with Gasteiger partial charge in [0.15, 0.2) is 0 Å². The normalized spacial score (nSPS) is 10.9. The molecule has 0 radical (unpaired) electrons. The Hall–Kier alpha value is -2.81. The van der Waals surface area contributed by atoms with E-state index in [0.29, 0.717) is 0 Å². The summed E-state index contributed by atoms with van der Waals surface area (Å²) in [6, 6.07) is 47.2. The van der Waals surface area contributed by atoms with Crippen molar-refractivity contribution < 1.29 is 12.4 Å². The quantitative estimate of drug-likeness (QED) is 0.306. The first-order valence-corrected chi connectivity index (χ1v) is 15.0. The van der Waals surface area contributed by atoms with Crippen LogP contribution in [0.2, 0.25) is 0 Å². The number of benzene rings is 6. The van der Waals surface area contributed by atoms with Crippen molar-refractivity contribution in [1.29, 1.82) is 0 Å². The van der Waals surface area contributed by atoms with Crippen molar-refractivity contribution in [3.63, 3.8) is 0 Å². The monoisotopic (exact) mass is 536 g/mol. The molecule has 0 atom stereocenters. The van der Waals surface area contributed by atoms with Crippen molar-refractivity contribution in [1.82, 2.24) is 0 Å². The molecular weight excluding hydrogens is 514 g/mol. The number of halogens is 1. The van der Waals surface area contributed by atoms with Crippen LogP contribution in [0.25, 0.3) is 32.3 Å². The van der Waals surface area contributed by atoms with E-state index in [1.165, 1.54) is 32.3 Å². The third kappa shape index (κ3) is 3.58. The molecule has 0 heterocycles. The van der Waals surface area contributed by atoms with Gasteiger partial charge < -0.3 is 12.4 Å². The fourth-order valence-electron chi connectivity index (χ4n) is 4.77. The Bertz CT molecular complexity index is 1350. The number of fused-ring (bicyclic) bond motifs is 3. The van der Waals surface area contributed by atoms with Crippen LogP contribution in [-0.2, 0) is 0 Å². The minimum absolute atomic E-state index is 0. The van der Waals surface area contributed by atoms with Crippen LogP contribution in [0.4, 0.5) is 0 Å². The van der Waals surface area contributed by atoms with E-state index in [4.69, 9.17) is 0 Å². The van der Waals surface area contributed by atoms with E-state index in [1.54, 1.807) is 10.7 Å². The summed E-state index contributed by atoms with van der Waals surface area (Å²) in [4.78, 5) is 0.